The van der Waals surface area contributed by atoms with Crippen molar-refractivity contribution in [2.45, 2.75) is 12.8 Å². The van der Waals surface area contributed by atoms with Crippen molar-refractivity contribution in [1.82, 2.24) is 29.3 Å². The van der Waals surface area contributed by atoms with Crippen molar-refractivity contribution >= 4 is 33.7 Å². The van der Waals surface area contributed by atoms with Gasteiger partial charge in [0.05, 0.1) is 17.4 Å². The average molecular weight is 488 g/mol. The molecule has 0 aliphatic heterocycles. The fraction of sp³-hybridized carbons (Fsp3) is 0.240. The normalized spacial score (nSPS) is 11.2. The van der Waals surface area contributed by atoms with E-state index in [-0.39, 0.29) is 0 Å². The van der Waals surface area contributed by atoms with E-state index in [1.807, 2.05) is 61.4 Å². The van der Waals surface area contributed by atoms with E-state index in [4.69, 9.17) is 14.7 Å². The minimum absolute atomic E-state index is 0.488. The zero-order valence-corrected chi connectivity index (χ0v) is 20.5. The summed E-state index contributed by atoms with van der Waals surface area (Å²) >= 11 is 1.58. The highest BCUT2D eigenvalue weighted by Crippen LogP contribution is 2.46. The van der Waals surface area contributed by atoms with E-state index >= 15 is 0 Å². The Morgan fingerprint density at radius 3 is 2.60 bits per heavy atom. The second-order valence-electron chi connectivity index (χ2n) is 8.08. The molecular formula is C25H25N7O2S. The summed E-state index contributed by atoms with van der Waals surface area (Å²) in [5.74, 6) is 2.72. The number of benzene rings is 1. The zero-order valence-electron chi connectivity index (χ0n) is 19.7. The standard InChI is InChI=1S/C25H25N7O2S/c1-31-14-12-27-24(31)23-28-22(26-11-4-5-15-33)20-19(16-6-8-17(34-3)9-7-16)21(35-25(20)29-23)18-10-13-32(2)30-18/h6-10,12-15H,4-5,11H2,1-3H3,(H,26,28,29). The molecule has 0 aliphatic carbocycles. The second kappa shape index (κ2) is 9.67. The Bertz CT molecular complexity index is 1480. The molecule has 0 fully saturated rings. The number of ether oxygens (including phenoxy) is 1. The number of nitrogens with one attached hydrogen (secondary N) is 1. The molecule has 0 saturated heterocycles. The number of rotatable bonds is 9. The van der Waals surface area contributed by atoms with Gasteiger partial charge in [0.25, 0.3) is 0 Å². The summed E-state index contributed by atoms with van der Waals surface area (Å²) in [5, 5.41) is 9.05. The molecule has 10 heteroatoms. The van der Waals surface area contributed by atoms with Crippen LogP contribution in [0.4, 0.5) is 5.82 Å². The number of hydrogen-bond acceptors (Lipinski definition) is 8. The molecule has 4 aromatic heterocycles. The molecule has 0 spiro atoms. The lowest BCUT2D eigenvalue weighted by Gasteiger charge is -2.11. The molecule has 4 heterocycles. The number of fused-ring (bicyclic) bond motifs is 1. The van der Waals surface area contributed by atoms with Crippen molar-refractivity contribution < 1.29 is 9.53 Å². The third-order valence-electron chi connectivity index (χ3n) is 5.69. The van der Waals surface area contributed by atoms with E-state index in [9.17, 15) is 4.79 Å². The number of imidazole rings is 1. The number of hydrogen-bond donors (Lipinski definition) is 1. The fourth-order valence-electron chi connectivity index (χ4n) is 3.95. The van der Waals surface area contributed by atoms with E-state index < -0.39 is 0 Å². The number of aromatic nitrogens is 6. The van der Waals surface area contributed by atoms with Gasteiger partial charge in [0.2, 0.25) is 0 Å². The largest absolute Gasteiger partial charge is 0.497 e. The fourth-order valence-corrected chi connectivity index (χ4v) is 5.11. The lowest BCUT2D eigenvalue weighted by atomic mass is 10.0. The van der Waals surface area contributed by atoms with Crippen molar-refractivity contribution in [2.75, 3.05) is 19.0 Å². The van der Waals surface area contributed by atoms with Crippen LogP contribution in [0, 0.1) is 0 Å². The monoisotopic (exact) mass is 487 g/mol. The summed E-state index contributed by atoms with van der Waals surface area (Å²) in [4.78, 5) is 27.0. The second-order valence-corrected chi connectivity index (χ2v) is 9.08. The molecule has 1 aromatic carbocycles. The molecule has 5 aromatic rings. The quantitative estimate of drug-likeness (QED) is 0.240. The number of aldehydes is 1. The molecule has 0 saturated carbocycles. The van der Waals surface area contributed by atoms with Gasteiger partial charge in [-0.15, -0.1) is 11.3 Å². The maximum absolute atomic E-state index is 10.8. The molecule has 0 bridgehead atoms. The Morgan fingerprint density at radius 1 is 1.11 bits per heavy atom. The predicted molar refractivity (Wildman–Crippen MR) is 138 cm³/mol. The SMILES string of the molecule is COc1ccc(-c2c(-c3ccn(C)n3)sc3nc(-c4nccn4C)nc(NCCCC=O)c23)cc1. The molecule has 1 N–H and O–H groups in total. The first-order valence-electron chi connectivity index (χ1n) is 11.2. The molecule has 9 nitrogen and oxygen atoms in total. The van der Waals surface area contributed by atoms with Crippen LogP contribution in [0.5, 0.6) is 5.75 Å². The minimum Gasteiger partial charge on any atom is -0.497 e. The summed E-state index contributed by atoms with van der Waals surface area (Å²) in [7, 11) is 5.48. The van der Waals surface area contributed by atoms with Crippen LogP contribution in [0.25, 0.3) is 43.6 Å². The van der Waals surface area contributed by atoms with Crippen LogP contribution in [0.1, 0.15) is 12.8 Å². The van der Waals surface area contributed by atoms with Gasteiger partial charge >= 0.3 is 0 Å². The van der Waals surface area contributed by atoms with Crippen LogP contribution in [-0.2, 0) is 18.9 Å². The number of unbranched alkanes of at least 4 members (excludes halogenated alkanes) is 1. The smallest absolute Gasteiger partial charge is 0.199 e. The Morgan fingerprint density at radius 2 is 1.94 bits per heavy atom. The van der Waals surface area contributed by atoms with E-state index in [1.165, 1.54) is 0 Å². The third kappa shape index (κ3) is 4.40. The maximum Gasteiger partial charge on any atom is 0.199 e. The topological polar surface area (TPSA) is 99.8 Å². The molecule has 0 atom stereocenters. The molecule has 35 heavy (non-hydrogen) atoms. The molecule has 0 radical (unpaired) electrons. The highest BCUT2D eigenvalue weighted by molar-refractivity contribution is 7.22. The van der Waals surface area contributed by atoms with Gasteiger partial charge in [0.15, 0.2) is 11.6 Å². The van der Waals surface area contributed by atoms with Gasteiger partial charge < -0.3 is 19.4 Å². The summed E-state index contributed by atoms with van der Waals surface area (Å²) in [6, 6.07) is 9.97. The van der Waals surface area contributed by atoms with Crippen LogP contribution >= 0.6 is 11.3 Å². The van der Waals surface area contributed by atoms with Crippen molar-refractivity contribution in [3.05, 3.63) is 48.9 Å². The minimum atomic E-state index is 0.488. The van der Waals surface area contributed by atoms with Crippen molar-refractivity contribution in [3.63, 3.8) is 0 Å². The van der Waals surface area contributed by atoms with Crippen LogP contribution in [0.2, 0.25) is 0 Å². The third-order valence-corrected chi connectivity index (χ3v) is 6.80. The molecule has 0 amide bonds. The first-order valence-corrected chi connectivity index (χ1v) is 12.0. The van der Waals surface area contributed by atoms with Crippen molar-refractivity contribution in [1.29, 1.82) is 0 Å². The van der Waals surface area contributed by atoms with E-state index in [0.29, 0.717) is 36.9 Å². The number of aryl methyl sites for hydroxylation is 2. The van der Waals surface area contributed by atoms with Gasteiger partial charge in [-0.05, 0) is 30.2 Å². The van der Waals surface area contributed by atoms with E-state index in [2.05, 4.69) is 15.4 Å². The number of methoxy groups -OCH3 is 1. The van der Waals surface area contributed by atoms with Crippen LogP contribution in [0.15, 0.2) is 48.9 Å². The van der Waals surface area contributed by atoms with Gasteiger partial charge in [-0.3, -0.25) is 4.68 Å². The number of anilines is 1. The first kappa shape index (κ1) is 22.7. The van der Waals surface area contributed by atoms with E-state index in [1.54, 1.807) is 29.3 Å². The van der Waals surface area contributed by atoms with Gasteiger partial charge in [-0.2, -0.15) is 5.10 Å². The highest BCUT2D eigenvalue weighted by Gasteiger charge is 2.24. The number of nitrogens with zero attached hydrogens (tertiary/aromatic N) is 6. The van der Waals surface area contributed by atoms with Crippen LogP contribution < -0.4 is 10.1 Å². The number of carbonyl (C=O) groups is 1. The molecule has 178 valence electrons. The maximum atomic E-state index is 10.8. The van der Waals surface area contributed by atoms with Gasteiger partial charge in [0.1, 0.15) is 28.4 Å². The Hall–Kier alpha value is -4.05. The Balaban J connectivity index is 1.76. The van der Waals surface area contributed by atoms with Gasteiger partial charge in [-0.1, -0.05) is 12.1 Å². The summed E-state index contributed by atoms with van der Waals surface area (Å²) < 4.78 is 9.06. The highest BCUT2D eigenvalue weighted by atomic mass is 32.1. The summed E-state index contributed by atoms with van der Waals surface area (Å²) in [6.45, 7) is 0.613. The van der Waals surface area contributed by atoms with E-state index in [0.717, 1.165) is 44.0 Å². The Labute approximate surface area is 206 Å². The summed E-state index contributed by atoms with van der Waals surface area (Å²) in [6.07, 6.45) is 7.67. The Kier molecular flexibility index (Phi) is 6.28. The number of thiophene rings is 1. The molecular weight excluding hydrogens is 462 g/mol. The summed E-state index contributed by atoms with van der Waals surface area (Å²) in [5.41, 5.74) is 2.89. The molecule has 0 unspecified atom stereocenters. The van der Waals surface area contributed by atoms with Crippen LogP contribution in [0.3, 0.4) is 0 Å². The van der Waals surface area contributed by atoms with Gasteiger partial charge in [0, 0.05) is 51.2 Å². The molecule has 5 rings (SSSR count). The van der Waals surface area contributed by atoms with Gasteiger partial charge in [-0.25, -0.2) is 15.0 Å². The molecule has 0 aliphatic rings. The predicted octanol–water partition coefficient (Wildman–Crippen LogP) is 4.56. The average Bonchev–Trinajstić information content (AvgIpc) is 3.59. The number of carbonyl (C=O) groups excluding carboxylic acids is 1. The first-order chi connectivity index (χ1) is 17.1. The van der Waals surface area contributed by atoms with Crippen LogP contribution in [-0.4, -0.2) is 49.2 Å². The zero-order chi connectivity index (χ0) is 24.4. The van der Waals surface area contributed by atoms with Crippen molar-refractivity contribution in [3.8, 4) is 39.1 Å². The van der Waals surface area contributed by atoms with Crippen molar-refractivity contribution in [2.24, 2.45) is 14.1 Å². The lowest BCUT2D eigenvalue weighted by molar-refractivity contribution is -0.107. The lowest BCUT2D eigenvalue weighted by Crippen LogP contribution is -2.07.